The minimum atomic E-state index is -1.84. The van der Waals surface area contributed by atoms with Gasteiger partial charge < -0.3 is 9.29 Å². The predicted molar refractivity (Wildman–Crippen MR) is 64.7 cm³/mol. The molecule has 16 heavy (non-hydrogen) atoms. The second kappa shape index (κ2) is 6.93. The zero-order chi connectivity index (χ0) is 12.8. The monoisotopic (exact) mass is 248 g/mol. The first kappa shape index (κ1) is 15.5. The van der Waals surface area contributed by atoms with Crippen molar-refractivity contribution in [3.63, 3.8) is 0 Å². The van der Waals surface area contributed by atoms with Gasteiger partial charge in [-0.3, -0.25) is 4.79 Å². The SMILES string of the molecule is COC(/C=C\CS(=O)O)CC(=O)C(C)(C)C. The van der Waals surface area contributed by atoms with Crippen LogP contribution >= 0.6 is 0 Å². The van der Waals surface area contributed by atoms with Gasteiger partial charge in [0.15, 0.2) is 11.1 Å². The van der Waals surface area contributed by atoms with E-state index in [0.29, 0.717) is 0 Å². The Balaban J connectivity index is 4.26. The van der Waals surface area contributed by atoms with Crippen LogP contribution in [-0.2, 0) is 20.6 Å². The van der Waals surface area contributed by atoms with Crippen LogP contribution in [0.5, 0.6) is 0 Å². The van der Waals surface area contributed by atoms with Gasteiger partial charge in [0.2, 0.25) is 0 Å². The van der Waals surface area contributed by atoms with Crippen molar-refractivity contribution in [3.8, 4) is 0 Å². The minimum Gasteiger partial charge on any atom is -0.377 e. The van der Waals surface area contributed by atoms with Crippen molar-refractivity contribution in [2.24, 2.45) is 5.41 Å². The Kier molecular flexibility index (Phi) is 6.71. The van der Waals surface area contributed by atoms with E-state index in [1.165, 1.54) is 7.11 Å². The second-order valence-electron chi connectivity index (χ2n) is 4.57. The molecule has 0 amide bonds. The topological polar surface area (TPSA) is 63.6 Å². The highest BCUT2D eigenvalue weighted by Crippen LogP contribution is 2.18. The van der Waals surface area contributed by atoms with Crippen LogP contribution in [0.25, 0.3) is 0 Å². The molecule has 2 unspecified atom stereocenters. The van der Waals surface area contributed by atoms with Crippen LogP contribution < -0.4 is 0 Å². The molecule has 0 saturated carbocycles. The van der Waals surface area contributed by atoms with Crippen molar-refractivity contribution >= 4 is 16.9 Å². The van der Waals surface area contributed by atoms with Crippen molar-refractivity contribution in [3.05, 3.63) is 12.2 Å². The highest BCUT2D eigenvalue weighted by atomic mass is 32.2. The first-order chi connectivity index (χ1) is 7.27. The van der Waals surface area contributed by atoms with Crippen LogP contribution in [0.2, 0.25) is 0 Å². The van der Waals surface area contributed by atoms with Crippen molar-refractivity contribution in [2.75, 3.05) is 12.9 Å². The van der Waals surface area contributed by atoms with Crippen LogP contribution in [0.1, 0.15) is 27.2 Å². The van der Waals surface area contributed by atoms with E-state index in [2.05, 4.69) is 0 Å². The Morgan fingerprint density at radius 1 is 1.50 bits per heavy atom. The third-order valence-corrected chi connectivity index (χ3v) is 2.59. The highest BCUT2D eigenvalue weighted by molar-refractivity contribution is 7.79. The average molecular weight is 248 g/mol. The summed E-state index contributed by atoms with van der Waals surface area (Å²) in [6.07, 6.45) is 3.17. The third kappa shape index (κ3) is 6.87. The van der Waals surface area contributed by atoms with Crippen LogP contribution in [0.3, 0.4) is 0 Å². The summed E-state index contributed by atoms with van der Waals surface area (Å²) in [7, 11) is 1.51. The van der Waals surface area contributed by atoms with E-state index < -0.39 is 11.1 Å². The molecule has 0 rings (SSSR count). The highest BCUT2D eigenvalue weighted by Gasteiger charge is 2.23. The summed E-state index contributed by atoms with van der Waals surface area (Å²) in [5, 5.41) is 0. The van der Waals surface area contributed by atoms with Gasteiger partial charge in [-0.05, 0) is 0 Å². The lowest BCUT2D eigenvalue weighted by molar-refractivity contribution is -0.128. The van der Waals surface area contributed by atoms with Crippen LogP contribution in [0.4, 0.5) is 0 Å². The summed E-state index contributed by atoms with van der Waals surface area (Å²) in [5.74, 6) is 0.165. The summed E-state index contributed by atoms with van der Waals surface area (Å²) in [6.45, 7) is 5.57. The molecule has 0 aliphatic carbocycles. The van der Waals surface area contributed by atoms with E-state index in [9.17, 15) is 9.00 Å². The van der Waals surface area contributed by atoms with Crippen molar-refractivity contribution < 1.29 is 18.3 Å². The number of ether oxygens (including phenoxy) is 1. The van der Waals surface area contributed by atoms with Gasteiger partial charge in [-0.1, -0.05) is 32.9 Å². The van der Waals surface area contributed by atoms with Crippen LogP contribution in [-0.4, -0.2) is 33.5 Å². The Morgan fingerprint density at radius 2 is 2.06 bits per heavy atom. The minimum absolute atomic E-state index is 0.0591. The number of rotatable bonds is 6. The van der Waals surface area contributed by atoms with Gasteiger partial charge >= 0.3 is 0 Å². The maximum absolute atomic E-state index is 11.7. The summed E-state index contributed by atoms with van der Waals surface area (Å²) in [5.41, 5.74) is -0.385. The molecule has 94 valence electrons. The summed E-state index contributed by atoms with van der Waals surface area (Å²) in [4.78, 5) is 11.7. The van der Waals surface area contributed by atoms with Crippen molar-refractivity contribution in [2.45, 2.75) is 33.3 Å². The molecule has 0 heterocycles. The van der Waals surface area contributed by atoms with Crippen molar-refractivity contribution in [1.29, 1.82) is 0 Å². The molecule has 0 radical (unpaired) electrons. The molecule has 4 nitrogen and oxygen atoms in total. The van der Waals surface area contributed by atoms with E-state index in [-0.39, 0.29) is 29.5 Å². The van der Waals surface area contributed by atoms with E-state index >= 15 is 0 Å². The Bertz CT molecular complexity index is 278. The van der Waals surface area contributed by atoms with Gasteiger partial charge in [0.05, 0.1) is 11.9 Å². The largest absolute Gasteiger partial charge is 0.377 e. The summed E-state index contributed by atoms with van der Waals surface area (Å²) >= 11 is -1.84. The van der Waals surface area contributed by atoms with Crippen LogP contribution in [0.15, 0.2) is 12.2 Å². The lowest BCUT2D eigenvalue weighted by Gasteiger charge is -2.19. The third-order valence-electron chi connectivity index (χ3n) is 2.12. The van der Waals surface area contributed by atoms with E-state index in [4.69, 9.17) is 9.29 Å². The van der Waals surface area contributed by atoms with Gasteiger partial charge in [0, 0.05) is 18.9 Å². The molecule has 0 aliphatic rings. The number of hydrogen-bond acceptors (Lipinski definition) is 3. The average Bonchev–Trinajstić information content (AvgIpc) is 2.13. The number of hydrogen-bond donors (Lipinski definition) is 1. The standard InChI is InChI=1S/C11H20O4S/c1-11(2,3)10(12)8-9(15-4)6-5-7-16(13)14/h5-6,9H,7-8H2,1-4H3,(H,13,14)/b6-5-. The van der Waals surface area contributed by atoms with Crippen LogP contribution in [0, 0.1) is 5.41 Å². The van der Waals surface area contributed by atoms with Gasteiger partial charge in [-0.2, -0.15) is 0 Å². The number of carbonyl (C=O) groups excluding carboxylic acids is 1. The van der Waals surface area contributed by atoms with Gasteiger partial charge in [0.1, 0.15) is 5.78 Å². The van der Waals surface area contributed by atoms with Gasteiger partial charge in [0.25, 0.3) is 0 Å². The molecular weight excluding hydrogens is 228 g/mol. The summed E-state index contributed by atoms with van der Waals surface area (Å²) < 4.78 is 24.1. The fourth-order valence-corrected chi connectivity index (χ4v) is 1.28. The van der Waals surface area contributed by atoms with E-state index in [1.807, 2.05) is 20.8 Å². The number of Topliss-reactive ketones (excluding diaryl/α,β-unsaturated/α-hetero) is 1. The summed E-state index contributed by atoms with van der Waals surface area (Å²) in [6, 6.07) is 0. The zero-order valence-electron chi connectivity index (χ0n) is 10.2. The molecule has 0 saturated heterocycles. The lowest BCUT2D eigenvalue weighted by atomic mass is 9.87. The molecular formula is C11H20O4S. The molecule has 2 atom stereocenters. The Morgan fingerprint density at radius 3 is 2.44 bits per heavy atom. The lowest BCUT2D eigenvalue weighted by Crippen LogP contribution is -2.25. The first-order valence-corrected chi connectivity index (χ1v) is 6.35. The maximum atomic E-state index is 11.7. The number of ketones is 1. The molecule has 5 heteroatoms. The van der Waals surface area contributed by atoms with E-state index in [1.54, 1.807) is 12.2 Å². The molecule has 0 spiro atoms. The van der Waals surface area contributed by atoms with Gasteiger partial charge in [-0.25, -0.2) is 4.21 Å². The number of methoxy groups -OCH3 is 1. The normalized spacial score (nSPS) is 16.3. The molecule has 0 aromatic carbocycles. The Hall–Kier alpha value is -0.520. The quantitative estimate of drug-likeness (QED) is 0.575. The maximum Gasteiger partial charge on any atom is 0.156 e. The molecule has 0 aliphatic heterocycles. The zero-order valence-corrected chi connectivity index (χ0v) is 11.0. The van der Waals surface area contributed by atoms with E-state index in [0.717, 1.165) is 0 Å². The molecule has 0 aromatic rings. The molecule has 0 aromatic heterocycles. The first-order valence-electron chi connectivity index (χ1n) is 5.07. The van der Waals surface area contributed by atoms with Gasteiger partial charge in [-0.15, -0.1) is 0 Å². The smallest absolute Gasteiger partial charge is 0.156 e. The predicted octanol–water partition coefficient (Wildman–Crippen LogP) is 1.78. The van der Waals surface area contributed by atoms with Crippen molar-refractivity contribution in [1.82, 2.24) is 0 Å². The Labute approximate surface area is 99.4 Å². The molecule has 1 N–H and O–H groups in total. The fraction of sp³-hybridized carbons (Fsp3) is 0.727. The fourth-order valence-electron chi connectivity index (χ4n) is 1.01. The molecule has 0 bridgehead atoms. The second-order valence-corrected chi connectivity index (χ2v) is 5.54. The number of carbonyl (C=O) groups is 1. The molecule has 0 fully saturated rings.